The maximum Gasteiger partial charge on any atom is 0.0166 e. The van der Waals surface area contributed by atoms with E-state index in [1.807, 2.05) is 0 Å². The molecule has 1 aromatic carbocycles. The van der Waals surface area contributed by atoms with Gasteiger partial charge in [0.15, 0.2) is 0 Å². The maximum atomic E-state index is 6.00. The molecule has 1 aliphatic heterocycles. The molecule has 2 nitrogen and oxygen atoms in total. The zero-order valence-electron chi connectivity index (χ0n) is 11.3. The number of nitrogens with zero attached hydrogens (tertiary/aromatic N) is 1. The summed E-state index contributed by atoms with van der Waals surface area (Å²) in [5, 5.41) is 0. The molecular weight excluding hydrogens is 220 g/mol. The first-order chi connectivity index (χ1) is 8.75. The highest BCUT2D eigenvalue weighted by Crippen LogP contribution is 2.18. The van der Waals surface area contributed by atoms with Crippen LogP contribution in [0.4, 0.5) is 0 Å². The Morgan fingerprint density at radius 1 is 1.39 bits per heavy atom. The van der Waals surface area contributed by atoms with E-state index in [1.54, 1.807) is 0 Å². The standard InChI is InChI=1S/C16H24N2/c1-14(17)16-10-6-12-18(13-16)11-5-9-15-7-3-2-4-8-15/h2-5,7-9,14,16H,6,10-13,17H2,1H3. The number of benzene rings is 1. The molecule has 1 aromatic rings. The summed E-state index contributed by atoms with van der Waals surface area (Å²) < 4.78 is 0. The maximum absolute atomic E-state index is 6.00. The van der Waals surface area contributed by atoms with E-state index >= 15 is 0 Å². The summed E-state index contributed by atoms with van der Waals surface area (Å²) in [5.74, 6) is 0.670. The van der Waals surface area contributed by atoms with Crippen LogP contribution >= 0.6 is 0 Å². The smallest absolute Gasteiger partial charge is 0.0166 e. The number of nitrogens with two attached hydrogens (primary N) is 1. The van der Waals surface area contributed by atoms with Crippen LogP contribution in [0, 0.1) is 5.92 Å². The molecule has 2 heteroatoms. The van der Waals surface area contributed by atoms with Crippen molar-refractivity contribution in [3.8, 4) is 0 Å². The van der Waals surface area contributed by atoms with Crippen LogP contribution in [0.15, 0.2) is 36.4 Å². The van der Waals surface area contributed by atoms with Gasteiger partial charge in [-0.15, -0.1) is 0 Å². The van der Waals surface area contributed by atoms with Crippen molar-refractivity contribution >= 4 is 6.08 Å². The van der Waals surface area contributed by atoms with Crippen LogP contribution in [-0.4, -0.2) is 30.6 Å². The van der Waals surface area contributed by atoms with Crippen molar-refractivity contribution in [2.75, 3.05) is 19.6 Å². The molecule has 0 radical (unpaired) electrons. The number of rotatable bonds is 4. The van der Waals surface area contributed by atoms with Gasteiger partial charge in [-0.25, -0.2) is 0 Å². The molecule has 0 saturated carbocycles. The van der Waals surface area contributed by atoms with Crippen LogP contribution in [0.25, 0.3) is 6.08 Å². The molecule has 2 unspecified atom stereocenters. The fourth-order valence-corrected chi connectivity index (χ4v) is 2.59. The van der Waals surface area contributed by atoms with Crippen LogP contribution in [0.5, 0.6) is 0 Å². The van der Waals surface area contributed by atoms with E-state index in [4.69, 9.17) is 5.73 Å². The van der Waals surface area contributed by atoms with Gasteiger partial charge in [0.25, 0.3) is 0 Å². The molecule has 2 N–H and O–H groups in total. The third-order valence-electron chi connectivity index (χ3n) is 3.76. The van der Waals surface area contributed by atoms with Crippen molar-refractivity contribution in [3.63, 3.8) is 0 Å². The Morgan fingerprint density at radius 2 is 2.17 bits per heavy atom. The van der Waals surface area contributed by atoms with Gasteiger partial charge in [0, 0.05) is 19.1 Å². The number of hydrogen-bond acceptors (Lipinski definition) is 2. The lowest BCUT2D eigenvalue weighted by Crippen LogP contribution is -2.42. The molecule has 2 rings (SSSR count). The second kappa shape index (κ2) is 6.72. The zero-order chi connectivity index (χ0) is 12.8. The van der Waals surface area contributed by atoms with Gasteiger partial charge in [0.05, 0.1) is 0 Å². The fourth-order valence-electron chi connectivity index (χ4n) is 2.59. The molecule has 18 heavy (non-hydrogen) atoms. The second-order valence-electron chi connectivity index (χ2n) is 5.33. The Balaban J connectivity index is 1.81. The molecule has 98 valence electrons. The van der Waals surface area contributed by atoms with Crippen LogP contribution in [0.3, 0.4) is 0 Å². The van der Waals surface area contributed by atoms with Crippen LogP contribution < -0.4 is 5.73 Å². The summed E-state index contributed by atoms with van der Waals surface area (Å²) >= 11 is 0. The van der Waals surface area contributed by atoms with Gasteiger partial charge >= 0.3 is 0 Å². The van der Waals surface area contributed by atoms with Gasteiger partial charge in [0.2, 0.25) is 0 Å². The van der Waals surface area contributed by atoms with E-state index in [2.05, 4.69) is 54.3 Å². The first-order valence-electron chi connectivity index (χ1n) is 6.95. The number of likely N-dealkylation sites (tertiary alicyclic amines) is 1. The van der Waals surface area contributed by atoms with E-state index in [1.165, 1.54) is 24.9 Å². The third-order valence-corrected chi connectivity index (χ3v) is 3.76. The number of piperidine rings is 1. The number of hydrogen-bond donors (Lipinski definition) is 1. The average Bonchev–Trinajstić information content (AvgIpc) is 2.40. The molecule has 0 aromatic heterocycles. The molecular formula is C16H24N2. The van der Waals surface area contributed by atoms with Crippen LogP contribution in [-0.2, 0) is 0 Å². The average molecular weight is 244 g/mol. The minimum Gasteiger partial charge on any atom is -0.328 e. The van der Waals surface area contributed by atoms with E-state index in [0.717, 1.165) is 13.1 Å². The van der Waals surface area contributed by atoms with Crippen molar-refractivity contribution in [1.82, 2.24) is 4.90 Å². The highest BCUT2D eigenvalue weighted by atomic mass is 15.1. The summed E-state index contributed by atoms with van der Waals surface area (Å²) in [5.41, 5.74) is 7.28. The molecule has 1 heterocycles. The van der Waals surface area contributed by atoms with E-state index in [0.29, 0.717) is 12.0 Å². The van der Waals surface area contributed by atoms with Crippen molar-refractivity contribution in [2.24, 2.45) is 11.7 Å². The summed E-state index contributed by atoms with van der Waals surface area (Å²) in [7, 11) is 0. The third kappa shape index (κ3) is 3.97. The Hall–Kier alpha value is -1.12. The highest BCUT2D eigenvalue weighted by Gasteiger charge is 2.21. The Kier molecular flexibility index (Phi) is 4.97. The minimum atomic E-state index is 0.325. The van der Waals surface area contributed by atoms with Crippen LogP contribution in [0.1, 0.15) is 25.3 Å². The molecule has 0 spiro atoms. The van der Waals surface area contributed by atoms with Gasteiger partial charge in [-0.3, -0.25) is 4.90 Å². The van der Waals surface area contributed by atoms with Gasteiger partial charge in [0.1, 0.15) is 0 Å². The van der Waals surface area contributed by atoms with Crippen LogP contribution in [0.2, 0.25) is 0 Å². The quantitative estimate of drug-likeness (QED) is 0.882. The molecule has 1 saturated heterocycles. The molecule has 0 amide bonds. The summed E-state index contributed by atoms with van der Waals surface area (Å²) in [6.45, 7) is 5.53. The molecule has 0 bridgehead atoms. The molecule has 1 aliphatic rings. The topological polar surface area (TPSA) is 29.3 Å². The van der Waals surface area contributed by atoms with Crippen molar-refractivity contribution in [2.45, 2.75) is 25.8 Å². The van der Waals surface area contributed by atoms with E-state index in [-0.39, 0.29) is 0 Å². The molecule has 1 fully saturated rings. The lowest BCUT2D eigenvalue weighted by atomic mass is 9.92. The van der Waals surface area contributed by atoms with Gasteiger partial charge in [-0.05, 0) is 37.8 Å². The first kappa shape index (κ1) is 13.3. The summed E-state index contributed by atoms with van der Waals surface area (Å²) in [4.78, 5) is 2.51. The zero-order valence-corrected chi connectivity index (χ0v) is 11.3. The second-order valence-corrected chi connectivity index (χ2v) is 5.33. The van der Waals surface area contributed by atoms with E-state index < -0.39 is 0 Å². The predicted octanol–water partition coefficient (Wildman–Crippen LogP) is 2.76. The Bertz CT molecular complexity index is 370. The van der Waals surface area contributed by atoms with Crippen molar-refractivity contribution in [1.29, 1.82) is 0 Å². The molecule has 2 atom stereocenters. The Labute approximate surface area is 110 Å². The highest BCUT2D eigenvalue weighted by molar-refractivity contribution is 5.48. The lowest BCUT2D eigenvalue weighted by molar-refractivity contribution is 0.176. The largest absolute Gasteiger partial charge is 0.328 e. The molecule has 0 aliphatic carbocycles. The van der Waals surface area contributed by atoms with Gasteiger partial charge in [-0.1, -0.05) is 42.5 Å². The van der Waals surface area contributed by atoms with Gasteiger partial charge < -0.3 is 5.73 Å². The SMILES string of the molecule is CC(N)C1CCCN(CC=Cc2ccccc2)C1. The summed E-state index contributed by atoms with van der Waals surface area (Å²) in [6.07, 6.45) is 7.04. The predicted molar refractivity (Wildman–Crippen MR) is 78.3 cm³/mol. The van der Waals surface area contributed by atoms with Gasteiger partial charge in [-0.2, -0.15) is 0 Å². The minimum absolute atomic E-state index is 0.325. The summed E-state index contributed by atoms with van der Waals surface area (Å²) in [6, 6.07) is 10.8. The Morgan fingerprint density at radius 3 is 2.89 bits per heavy atom. The van der Waals surface area contributed by atoms with Crippen molar-refractivity contribution < 1.29 is 0 Å². The lowest BCUT2D eigenvalue weighted by Gasteiger charge is -2.33. The van der Waals surface area contributed by atoms with Crippen molar-refractivity contribution in [3.05, 3.63) is 42.0 Å². The normalized spacial score (nSPS) is 23.3. The van der Waals surface area contributed by atoms with E-state index in [9.17, 15) is 0 Å². The monoisotopic (exact) mass is 244 g/mol. The fraction of sp³-hybridized carbons (Fsp3) is 0.500. The first-order valence-corrected chi connectivity index (χ1v) is 6.95.